The van der Waals surface area contributed by atoms with Gasteiger partial charge < -0.3 is 4.90 Å². The molecule has 0 aliphatic carbocycles. The maximum absolute atomic E-state index is 13.0. The number of rotatable bonds is 1. The molecule has 0 saturated carbocycles. The minimum absolute atomic E-state index is 0.152. The van der Waals surface area contributed by atoms with Crippen LogP contribution in [0.3, 0.4) is 0 Å². The third kappa shape index (κ3) is 2.65. The lowest BCUT2D eigenvalue weighted by Gasteiger charge is -2.32. The summed E-state index contributed by atoms with van der Waals surface area (Å²) in [7, 11) is 0. The highest BCUT2D eigenvalue weighted by atomic mass is 19.1. The van der Waals surface area contributed by atoms with Crippen molar-refractivity contribution in [2.24, 2.45) is 0 Å². The Morgan fingerprint density at radius 2 is 2.00 bits per heavy atom. The van der Waals surface area contributed by atoms with Crippen molar-refractivity contribution in [3.63, 3.8) is 0 Å². The number of carbonyl (C=O) groups excluding carboxylic acids is 1. The molecule has 0 spiro atoms. The maximum Gasteiger partial charge on any atom is 0.219 e. The summed E-state index contributed by atoms with van der Waals surface area (Å²) >= 11 is 0. The number of hydrogen-bond donors (Lipinski definition) is 0. The van der Waals surface area contributed by atoms with E-state index in [1.165, 1.54) is 11.6 Å². The molecule has 17 heavy (non-hydrogen) atoms. The van der Waals surface area contributed by atoms with Crippen LogP contribution in [0.5, 0.6) is 0 Å². The Bertz CT molecular complexity index is 422. The van der Waals surface area contributed by atoms with Crippen molar-refractivity contribution in [2.45, 2.75) is 32.6 Å². The first-order valence-corrected chi connectivity index (χ1v) is 6.09. The number of likely N-dealkylation sites (tertiary alicyclic amines) is 1. The number of aryl methyl sites for hydroxylation is 1. The number of benzene rings is 1. The minimum Gasteiger partial charge on any atom is -0.343 e. The Labute approximate surface area is 101 Å². The second-order valence-electron chi connectivity index (χ2n) is 4.78. The van der Waals surface area contributed by atoms with Crippen LogP contribution in [0.4, 0.5) is 4.39 Å². The Morgan fingerprint density at radius 3 is 2.53 bits per heavy atom. The van der Waals surface area contributed by atoms with Crippen molar-refractivity contribution in [1.29, 1.82) is 0 Å². The molecule has 0 aromatic heterocycles. The molecule has 1 aliphatic rings. The van der Waals surface area contributed by atoms with Gasteiger partial charge in [0.05, 0.1) is 0 Å². The molecule has 2 rings (SSSR count). The zero-order valence-electron chi connectivity index (χ0n) is 10.4. The van der Waals surface area contributed by atoms with Gasteiger partial charge in [0.25, 0.3) is 0 Å². The fourth-order valence-corrected chi connectivity index (χ4v) is 2.60. The normalized spacial score (nSPS) is 17.2. The van der Waals surface area contributed by atoms with Gasteiger partial charge in [-0.1, -0.05) is 6.07 Å². The van der Waals surface area contributed by atoms with Gasteiger partial charge in [0.2, 0.25) is 5.91 Å². The standard InChI is InChI=1S/C14H18FNO/c1-10-9-13(15)3-4-14(10)12-5-7-16(8-6-12)11(2)17/h3-4,9,12H,5-8H2,1-2H3. The fraction of sp³-hybridized carbons (Fsp3) is 0.500. The second-order valence-corrected chi connectivity index (χ2v) is 4.78. The second kappa shape index (κ2) is 4.86. The van der Waals surface area contributed by atoms with Gasteiger partial charge in [-0.15, -0.1) is 0 Å². The highest BCUT2D eigenvalue weighted by molar-refractivity contribution is 5.73. The SMILES string of the molecule is CC(=O)N1CCC(c2ccc(F)cc2C)CC1. The Hall–Kier alpha value is -1.38. The van der Waals surface area contributed by atoms with Crippen molar-refractivity contribution in [2.75, 3.05) is 13.1 Å². The van der Waals surface area contributed by atoms with Gasteiger partial charge in [0, 0.05) is 20.0 Å². The summed E-state index contributed by atoms with van der Waals surface area (Å²) in [6, 6.07) is 5.01. The van der Waals surface area contributed by atoms with E-state index in [0.29, 0.717) is 5.92 Å². The van der Waals surface area contributed by atoms with Crippen LogP contribution in [0.15, 0.2) is 18.2 Å². The van der Waals surface area contributed by atoms with Crippen molar-refractivity contribution < 1.29 is 9.18 Å². The monoisotopic (exact) mass is 235 g/mol. The molecular weight excluding hydrogens is 217 g/mol. The fourth-order valence-electron chi connectivity index (χ4n) is 2.60. The van der Waals surface area contributed by atoms with Crippen molar-refractivity contribution in [1.82, 2.24) is 4.90 Å². The van der Waals surface area contributed by atoms with Gasteiger partial charge in [-0.3, -0.25) is 4.79 Å². The lowest BCUT2D eigenvalue weighted by Crippen LogP contribution is -2.36. The summed E-state index contributed by atoms with van der Waals surface area (Å²) < 4.78 is 13.0. The molecular formula is C14H18FNO. The largest absolute Gasteiger partial charge is 0.343 e. The number of amides is 1. The summed E-state index contributed by atoms with van der Waals surface area (Å²) in [6.07, 6.45) is 1.96. The maximum atomic E-state index is 13.0. The summed E-state index contributed by atoms with van der Waals surface area (Å²) in [5, 5.41) is 0. The number of halogens is 1. The van der Waals surface area contributed by atoms with Gasteiger partial charge in [-0.05, 0) is 48.9 Å². The van der Waals surface area contributed by atoms with E-state index in [4.69, 9.17) is 0 Å². The van der Waals surface area contributed by atoms with Crippen LogP contribution in [0.1, 0.15) is 36.8 Å². The van der Waals surface area contributed by atoms with Gasteiger partial charge >= 0.3 is 0 Å². The quantitative estimate of drug-likeness (QED) is 0.733. The third-order valence-electron chi connectivity index (χ3n) is 3.61. The molecule has 0 radical (unpaired) electrons. The molecule has 0 bridgehead atoms. The zero-order valence-corrected chi connectivity index (χ0v) is 10.4. The highest BCUT2D eigenvalue weighted by Crippen LogP contribution is 2.30. The van der Waals surface area contributed by atoms with E-state index in [9.17, 15) is 9.18 Å². The van der Waals surface area contributed by atoms with Crippen LogP contribution < -0.4 is 0 Å². The highest BCUT2D eigenvalue weighted by Gasteiger charge is 2.22. The first kappa shape index (κ1) is 12.1. The minimum atomic E-state index is -0.174. The molecule has 1 amide bonds. The number of piperidine rings is 1. The molecule has 1 fully saturated rings. The van der Waals surface area contributed by atoms with E-state index in [-0.39, 0.29) is 11.7 Å². The van der Waals surface area contributed by atoms with E-state index < -0.39 is 0 Å². The van der Waals surface area contributed by atoms with Crippen LogP contribution >= 0.6 is 0 Å². The van der Waals surface area contributed by atoms with Crippen LogP contribution in [-0.4, -0.2) is 23.9 Å². The summed E-state index contributed by atoms with van der Waals surface area (Å²) in [6.45, 7) is 5.20. The van der Waals surface area contributed by atoms with Crippen LogP contribution in [0.2, 0.25) is 0 Å². The zero-order chi connectivity index (χ0) is 12.4. The molecule has 0 atom stereocenters. The Balaban J connectivity index is 2.08. The molecule has 1 aromatic carbocycles. The first-order valence-electron chi connectivity index (χ1n) is 6.09. The lowest BCUT2D eigenvalue weighted by atomic mass is 9.87. The van der Waals surface area contributed by atoms with Gasteiger partial charge in [-0.2, -0.15) is 0 Å². The van der Waals surface area contributed by atoms with E-state index in [1.54, 1.807) is 13.0 Å². The molecule has 0 N–H and O–H groups in total. The number of nitrogens with zero attached hydrogens (tertiary/aromatic N) is 1. The van der Waals surface area contributed by atoms with Crippen LogP contribution in [-0.2, 0) is 4.79 Å². The molecule has 1 aromatic rings. The average molecular weight is 235 g/mol. The van der Waals surface area contributed by atoms with Crippen molar-refractivity contribution in [3.05, 3.63) is 35.1 Å². The molecule has 92 valence electrons. The first-order chi connectivity index (χ1) is 8.08. The van der Waals surface area contributed by atoms with Crippen LogP contribution in [0.25, 0.3) is 0 Å². The smallest absolute Gasteiger partial charge is 0.219 e. The van der Waals surface area contributed by atoms with Gasteiger partial charge in [0.1, 0.15) is 5.82 Å². The molecule has 1 saturated heterocycles. The predicted octanol–water partition coefficient (Wildman–Crippen LogP) is 2.86. The average Bonchev–Trinajstić information content (AvgIpc) is 2.29. The summed E-state index contributed by atoms with van der Waals surface area (Å²) in [4.78, 5) is 13.1. The Kier molecular flexibility index (Phi) is 3.46. The molecule has 1 aliphatic heterocycles. The van der Waals surface area contributed by atoms with E-state index >= 15 is 0 Å². The number of carbonyl (C=O) groups is 1. The van der Waals surface area contributed by atoms with Gasteiger partial charge in [0.15, 0.2) is 0 Å². The van der Waals surface area contributed by atoms with Gasteiger partial charge in [-0.25, -0.2) is 4.39 Å². The lowest BCUT2D eigenvalue weighted by molar-refractivity contribution is -0.129. The van der Waals surface area contributed by atoms with E-state index in [1.807, 2.05) is 17.9 Å². The van der Waals surface area contributed by atoms with Crippen molar-refractivity contribution >= 4 is 5.91 Å². The number of hydrogen-bond acceptors (Lipinski definition) is 1. The molecule has 3 heteroatoms. The molecule has 0 unspecified atom stereocenters. The Morgan fingerprint density at radius 1 is 1.35 bits per heavy atom. The van der Waals surface area contributed by atoms with E-state index in [2.05, 4.69) is 0 Å². The summed E-state index contributed by atoms with van der Waals surface area (Å²) in [5.41, 5.74) is 2.25. The summed E-state index contributed by atoms with van der Waals surface area (Å²) in [5.74, 6) is 0.443. The third-order valence-corrected chi connectivity index (χ3v) is 3.61. The topological polar surface area (TPSA) is 20.3 Å². The van der Waals surface area contributed by atoms with Crippen molar-refractivity contribution in [3.8, 4) is 0 Å². The molecule has 2 nitrogen and oxygen atoms in total. The predicted molar refractivity (Wildman–Crippen MR) is 65.4 cm³/mol. The molecule has 1 heterocycles. The van der Waals surface area contributed by atoms with E-state index in [0.717, 1.165) is 31.5 Å². The van der Waals surface area contributed by atoms with Crippen LogP contribution in [0, 0.1) is 12.7 Å².